The Labute approximate surface area is 337 Å². The van der Waals surface area contributed by atoms with Gasteiger partial charge in [0.1, 0.15) is 35.1 Å². The predicted octanol–water partition coefficient (Wildman–Crippen LogP) is 9.33. The monoisotopic (exact) mass is 801 g/mol. The average molecular weight is 802 g/mol. The molecule has 7 aromatic rings. The highest BCUT2D eigenvalue weighted by Crippen LogP contribution is 2.49. The second-order valence-electron chi connectivity index (χ2n) is 13.4. The van der Waals surface area contributed by atoms with Crippen molar-refractivity contribution < 1.29 is 28.1 Å². The second-order valence-corrected chi connectivity index (χ2v) is 14.7. The van der Waals surface area contributed by atoms with Gasteiger partial charge in [0.2, 0.25) is 12.0 Å². The predicted molar refractivity (Wildman–Crippen MR) is 218 cm³/mol. The molecule has 288 valence electrons. The van der Waals surface area contributed by atoms with Crippen LogP contribution >= 0.6 is 22.9 Å². The third-order valence-electron chi connectivity index (χ3n) is 9.71. The van der Waals surface area contributed by atoms with E-state index in [1.54, 1.807) is 38.4 Å². The summed E-state index contributed by atoms with van der Waals surface area (Å²) in [6.45, 7) is 5.02. The first-order valence-corrected chi connectivity index (χ1v) is 19.6. The summed E-state index contributed by atoms with van der Waals surface area (Å²) >= 11 is 8.53. The number of rotatable bonds is 8. The van der Waals surface area contributed by atoms with E-state index in [-0.39, 0.29) is 31.3 Å². The van der Waals surface area contributed by atoms with Crippen LogP contribution in [0.1, 0.15) is 34.9 Å². The number of nitrogens with one attached hydrogen (secondary N) is 1. The van der Waals surface area contributed by atoms with E-state index in [0.717, 1.165) is 49.4 Å². The maximum Gasteiger partial charge on any atom is 0.347 e. The highest BCUT2D eigenvalue weighted by atomic mass is 35.5. The van der Waals surface area contributed by atoms with Gasteiger partial charge in [-0.3, -0.25) is 0 Å². The zero-order valence-corrected chi connectivity index (χ0v) is 32.9. The molecule has 3 aromatic heterocycles. The van der Waals surface area contributed by atoms with Crippen LogP contribution in [0.5, 0.6) is 17.4 Å². The lowest BCUT2D eigenvalue weighted by Crippen LogP contribution is -2.32. The number of esters is 1. The quantitative estimate of drug-likeness (QED) is 0.149. The van der Waals surface area contributed by atoms with Crippen molar-refractivity contribution in [1.29, 1.82) is 0 Å². The van der Waals surface area contributed by atoms with Gasteiger partial charge in [0.15, 0.2) is 5.82 Å². The number of hydrogen-bond acceptors (Lipinski definition) is 11. The summed E-state index contributed by atoms with van der Waals surface area (Å²) in [4.78, 5) is 33.7. The molecule has 1 atom stereocenters. The van der Waals surface area contributed by atoms with Gasteiger partial charge in [0, 0.05) is 41.2 Å². The molecule has 0 saturated carbocycles. The Kier molecular flexibility index (Phi) is 11.1. The molecule has 5 heterocycles. The molecule has 10 nitrogen and oxygen atoms in total. The van der Waals surface area contributed by atoms with Crippen LogP contribution in [0.2, 0.25) is 5.02 Å². The summed E-state index contributed by atoms with van der Waals surface area (Å²) in [6, 6.07) is 25.6. The number of carbonyl (C=O) groups is 1. The number of fused-ring (bicyclic) bond motifs is 6. The Bertz CT molecular complexity index is 2600. The number of aromatic nitrogens is 4. The van der Waals surface area contributed by atoms with E-state index in [2.05, 4.69) is 20.3 Å². The largest absolute Gasteiger partial charge is 0.496 e. The molecular formula is C44H37ClFN5O5S. The Morgan fingerprint density at radius 2 is 1.81 bits per heavy atom. The maximum atomic E-state index is 14.1. The van der Waals surface area contributed by atoms with Gasteiger partial charge in [0.25, 0.3) is 0 Å². The molecule has 0 aliphatic carbocycles. The van der Waals surface area contributed by atoms with E-state index < -0.39 is 12.1 Å². The number of carbonyl (C=O) groups excluding carboxylic acids is 1. The van der Waals surface area contributed by atoms with E-state index in [1.807, 2.05) is 61.5 Å². The molecule has 2 aliphatic heterocycles. The summed E-state index contributed by atoms with van der Waals surface area (Å²) < 4.78 is 38.4. The summed E-state index contributed by atoms with van der Waals surface area (Å²) in [6.07, 6.45) is 2.09. The highest BCUT2D eigenvalue weighted by molar-refractivity contribution is 7.22. The lowest BCUT2D eigenvalue weighted by molar-refractivity contribution is -0.151. The maximum absolute atomic E-state index is 14.1. The fraction of sp³-hybridized carbons (Fsp3) is 0.205. The number of methoxy groups -OCH3 is 1. The fourth-order valence-corrected chi connectivity index (χ4v) is 8.31. The number of halogens is 2. The lowest BCUT2D eigenvalue weighted by Gasteiger charge is -2.21. The van der Waals surface area contributed by atoms with Crippen LogP contribution < -0.4 is 19.5 Å². The van der Waals surface area contributed by atoms with Crippen molar-refractivity contribution in [3.63, 3.8) is 0 Å². The van der Waals surface area contributed by atoms with Crippen LogP contribution in [0.25, 0.3) is 43.2 Å². The molecule has 9 rings (SSSR count). The van der Waals surface area contributed by atoms with Crippen molar-refractivity contribution in [3.05, 3.63) is 136 Å². The zero-order valence-electron chi connectivity index (χ0n) is 31.3. The van der Waals surface area contributed by atoms with Crippen LogP contribution in [0.4, 0.5) is 4.39 Å². The molecule has 0 amide bonds. The Hall–Kier alpha value is -5.95. The summed E-state index contributed by atoms with van der Waals surface area (Å²) in [5.41, 5.74) is 7.28. The van der Waals surface area contributed by atoms with E-state index >= 15 is 0 Å². The third kappa shape index (κ3) is 7.89. The molecule has 1 N–H and O–H groups in total. The number of nitrogens with zero attached hydrogens (tertiary/aromatic N) is 4. The molecule has 4 aromatic carbocycles. The zero-order chi connectivity index (χ0) is 39.5. The Morgan fingerprint density at radius 3 is 2.63 bits per heavy atom. The first kappa shape index (κ1) is 37.9. The second kappa shape index (κ2) is 16.6. The molecule has 0 unspecified atom stereocenters. The van der Waals surface area contributed by atoms with Crippen molar-refractivity contribution in [2.24, 2.45) is 0 Å². The Balaban J connectivity index is 1.22. The van der Waals surface area contributed by atoms with E-state index in [9.17, 15) is 9.18 Å². The van der Waals surface area contributed by atoms with E-state index in [0.29, 0.717) is 51.3 Å². The van der Waals surface area contributed by atoms with Gasteiger partial charge >= 0.3 is 5.97 Å². The van der Waals surface area contributed by atoms with Gasteiger partial charge in [-0.25, -0.2) is 29.1 Å². The third-order valence-corrected chi connectivity index (χ3v) is 11.4. The number of ether oxygens (including phenoxy) is 4. The van der Waals surface area contributed by atoms with Crippen LogP contribution in [0.15, 0.2) is 97.5 Å². The fourth-order valence-electron chi connectivity index (χ4n) is 6.92. The van der Waals surface area contributed by atoms with Gasteiger partial charge in [-0.1, -0.05) is 60.1 Å². The topological polar surface area (TPSA) is 118 Å². The number of para-hydroxylation sites is 1. The van der Waals surface area contributed by atoms with Crippen LogP contribution in [0.3, 0.4) is 0 Å². The van der Waals surface area contributed by atoms with Gasteiger partial charge in [-0.15, -0.1) is 11.3 Å². The van der Waals surface area contributed by atoms with E-state index in [1.165, 1.54) is 29.8 Å². The molecule has 0 spiro atoms. The highest BCUT2D eigenvalue weighted by Gasteiger charge is 2.29. The van der Waals surface area contributed by atoms with Crippen LogP contribution in [-0.4, -0.2) is 45.7 Å². The number of hydrogen-bond donors (Lipinski definition) is 1. The minimum absolute atomic E-state index is 0.104. The minimum Gasteiger partial charge on any atom is -0.496 e. The first-order chi connectivity index (χ1) is 27.8. The molecular weight excluding hydrogens is 765 g/mol. The average Bonchev–Trinajstić information content (AvgIpc) is 3.62. The minimum atomic E-state index is -1.12. The SMILES string of the molecule is CCOC(=O)[C@H]1Cc2cc(ccc2OCc2ccnc(-c3ccccc3OC)n2)CNCc2ccc(c(C)c2Cl)-c2c(-c3ccc(F)cc3)sc3ncnc(c23)O1. The summed E-state index contributed by atoms with van der Waals surface area (Å²) in [7, 11) is 1.61. The van der Waals surface area contributed by atoms with Crippen molar-refractivity contribution in [2.75, 3.05) is 13.7 Å². The lowest BCUT2D eigenvalue weighted by atomic mass is 9.94. The van der Waals surface area contributed by atoms with Crippen LogP contribution in [-0.2, 0) is 35.6 Å². The first-order valence-electron chi connectivity index (χ1n) is 18.4. The molecule has 0 fully saturated rings. The Morgan fingerprint density at radius 1 is 0.965 bits per heavy atom. The van der Waals surface area contributed by atoms with Crippen molar-refractivity contribution in [2.45, 2.75) is 46.1 Å². The normalized spacial score (nSPS) is 13.9. The van der Waals surface area contributed by atoms with Gasteiger partial charge < -0.3 is 24.3 Å². The van der Waals surface area contributed by atoms with Crippen molar-refractivity contribution >= 4 is 39.1 Å². The summed E-state index contributed by atoms with van der Waals surface area (Å²) in [5.74, 6) is 1.02. The van der Waals surface area contributed by atoms with Gasteiger partial charge in [-0.2, -0.15) is 0 Å². The standard InChI is InChI=1S/C44H37ClFN5O5S/c1-4-54-44(52)36-20-29-19-26(9-16-34(29)55-23-31-17-18-48-41(51-31)33-7-5-6-8-35(33)53-3)21-47-22-28-12-15-32(25(2)39(28)45)37-38-42(56-36)49-24-50-43(38)57-40(37)27-10-13-30(46)14-11-27/h5-19,24,36,47H,4,20-23H2,1-3H3/t36-/m1/s1. The molecule has 2 aliphatic rings. The molecule has 4 bridgehead atoms. The van der Waals surface area contributed by atoms with Crippen molar-refractivity contribution in [1.82, 2.24) is 25.3 Å². The molecule has 0 saturated heterocycles. The molecule has 0 radical (unpaired) electrons. The summed E-state index contributed by atoms with van der Waals surface area (Å²) in [5, 5.41) is 4.75. The number of thiophene rings is 1. The smallest absolute Gasteiger partial charge is 0.347 e. The van der Waals surface area contributed by atoms with E-state index in [4.69, 9.17) is 35.5 Å². The van der Waals surface area contributed by atoms with Crippen LogP contribution in [0, 0.1) is 12.7 Å². The molecule has 57 heavy (non-hydrogen) atoms. The van der Waals surface area contributed by atoms with Gasteiger partial charge in [0.05, 0.1) is 30.4 Å². The molecule has 13 heteroatoms. The van der Waals surface area contributed by atoms with Crippen molar-refractivity contribution in [3.8, 4) is 50.3 Å². The van der Waals surface area contributed by atoms with Gasteiger partial charge in [-0.05, 0) is 83.6 Å². The number of benzene rings is 4.